The summed E-state index contributed by atoms with van der Waals surface area (Å²) < 4.78 is 0. The van der Waals surface area contributed by atoms with Crippen LogP contribution in [0.4, 0.5) is 4.79 Å². The predicted molar refractivity (Wildman–Crippen MR) is 83.3 cm³/mol. The molecule has 120 valence electrons. The van der Waals surface area contributed by atoms with Crippen molar-refractivity contribution >= 4 is 23.9 Å². The zero-order chi connectivity index (χ0) is 16.4. The zero-order valence-electron chi connectivity index (χ0n) is 12.6. The number of carbonyl (C=O) groups is 3. The Morgan fingerprint density at radius 2 is 1.87 bits per heavy atom. The van der Waals surface area contributed by atoms with Crippen molar-refractivity contribution in [2.24, 2.45) is 0 Å². The number of nitrogens with zero attached hydrogens (tertiary/aromatic N) is 1. The van der Waals surface area contributed by atoms with Gasteiger partial charge in [0.25, 0.3) is 11.8 Å². The molecule has 23 heavy (non-hydrogen) atoms. The van der Waals surface area contributed by atoms with E-state index in [4.69, 9.17) is 0 Å². The van der Waals surface area contributed by atoms with Crippen molar-refractivity contribution in [3.8, 4) is 5.75 Å². The molecule has 6 heteroatoms. The lowest BCUT2D eigenvalue weighted by Gasteiger charge is -2.35. The Labute approximate surface area is 133 Å². The fourth-order valence-electron chi connectivity index (χ4n) is 3.12. The molecule has 4 amide bonds. The Bertz CT molecular complexity index is 690. The smallest absolute Gasteiger partial charge is 0.331 e. The van der Waals surface area contributed by atoms with E-state index >= 15 is 0 Å². The first kappa shape index (κ1) is 15.3. The lowest BCUT2D eigenvalue weighted by molar-refractivity contribution is -0.132. The van der Waals surface area contributed by atoms with E-state index in [2.05, 4.69) is 5.32 Å². The number of phenolic OH excluding ortho intramolecular Hbond substituents is 1. The first-order valence-corrected chi connectivity index (χ1v) is 7.76. The molecule has 0 atom stereocenters. The third-order valence-electron chi connectivity index (χ3n) is 4.25. The van der Waals surface area contributed by atoms with Crippen molar-refractivity contribution in [3.05, 3.63) is 35.4 Å². The number of hydrogen-bond donors (Lipinski definition) is 2. The molecule has 1 heterocycles. The van der Waals surface area contributed by atoms with Gasteiger partial charge in [0.2, 0.25) is 0 Å². The predicted octanol–water partition coefficient (Wildman–Crippen LogP) is 2.19. The number of hydrogen-bond acceptors (Lipinski definition) is 4. The second-order valence-electron chi connectivity index (χ2n) is 5.88. The maximum atomic E-state index is 12.6. The molecule has 0 spiro atoms. The van der Waals surface area contributed by atoms with Crippen LogP contribution >= 0.6 is 0 Å². The molecule has 0 aromatic heterocycles. The number of phenols is 1. The minimum atomic E-state index is -0.699. The monoisotopic (exact) mass is 314 g/mol. The maximum Gasteiger partial charge on any atom is 0.331 e. The maximum absolute atomic E-state index is 12.6. The molecule has 2 N–H and O–H groups in total. The average Bonchev–Trinajstić information content (AvgIpc) is 2.52. The molecule has 2 fully saturated rings. The van der Waals surface area contributed by atoms with Gasteiger partial charge in [-0.05, 0) is 36.6 Å². The summed E-state index contributed by atoms with van der Waals surface area (Å²) in [6.45, 7) is 0. The van der Waals surface area contributed by atoms with E-state index in [-0.39, 0.29) is 17.4 Å². The first-order valence-electron chi connectivity index (χ1n) is 7.76. The highest BCUT2D eigenvalue weighted by atomic mass is 16.3. The van der Waals surface area contributed by atoms with E-state index in [0.717, 1.165) is 32.1 Å². The van der Waals surface area contributed by atoms with Crippen molar-refractivity contribution < 1.29 is 19.5 Å². The van der Waals surface area contributed by atoms with Crippen LogP contribution in [-0.4, -0.2) is 33.9 Å². The van der Waals surface area contributed by atoms with Gasteiger partial charge in [-0.25, -0.2) is 4.79 Å². The molecule has 1 aliphatic heterocycles. The highest BCUT2D eigenvalue weighted by Crippen LogP contribution is 2.26. The Balaban J connectivity index is 1.91. The molecule has 3 rings (SSSR count). The van der Waals surface area contributed by atoms with Crippen LogP contribution in [0.5, 0.6) is 5.75 Å². The molecular formula is C17H18N2O4. The Morgan fingerprint density at radius 3 is 2.57 bits per heavy atom. The third-order valence-corrected chi connectivity index (χ3v) is 4.25. The van der Waals surface area contributed by atoms with Crippen molar-refractivity contribution in [2.75, 3.05) is 0 Å². The number of rotatable bonds is 2. The molecule has 1 aliphatic carbocycles. The van der Waals surface area contributed by atoms with E-state index in [0.29, 0.717) is 5.56 Å². The number of carbonyl (C=O) groups excluding carboxylic acids is 3. The molecule has 1 saturated carbocycles. The Morgan fingerprint density at radius 1 is 1.13 bits per heavy atom. The fraction of sp³-hybridized carbons (Fsp3) is 0.353. The molecule has 0 bridgehead atoms. The highest BCUT2D eigenvalue weighted by molar-refractivity contribution is 6.31. The minimum absolute atomic E-state index is 0.0447. The van der Waals surface area contributed by atoms with E-state index in [9.17, 15) is 19.5 Å². The quantitative estimate of drug-likeness (QED) is 0.647. The summed E-state index contributed by atoms with van der Waals surface area (Å²) in [5.74, 6) is -1.22. The molecule has 2 aliphatic rings. The summed E-state index contributed by atoms with van der Waals surface area (Å²) in [7, 11) is 0. The molecule has 0 radical (unpaired) electrons. The summed E-state index contributed by atoms with van der Waals surface area (Å²) >= 11 is 0. The minimum Gasteiger partial charge on any atom is -0.508 e. The normalized spacial score (nSPS) is 21.7. The van der Waals surface area contributed by atoms with E-state index in [1.807, 2.05) is 0 Å². The van der Waals surface area contributed by atoms with E-state index in [1.165, 1.54) is 23.1 Å². The summed E-state index contributed by atoms with van der Waals surface area (Å²) in [4.78, 5) is 37.9. The van der Waals surface area contributed by atoms with Gasteiger partial charge in [-0.3, -0.25) is 19.8 Å². The summed E-state index contributed by atoms with van der Waals surface area (Å²) in [5.41, 5.74) is 0.446. The molecular weight excluding hydrogens is 296 g/mol. The van der Waals surface area contributed by atoms with Gasteiger partial charge in [0.05, 0.1) is 0 Å². The largest absolute Gasteiger partial charge is 0.508 e. The van der Waals surface area contributed by atoms with Crippen LogP contribution in [0, 0.1) is 0 Å². The standard InChI is InChI=1S/C17H18N2O4/c20-13-8-4-5-11(9-13)10-14-15(21)18-17(23)19(16(14)22)12-6-2-1-3-7-12/h4-5,8-10,12,20H,1-3,6-7H2,(H,18,21,23)/b14-10-. The zero-order valence-corrected chi connectivity index (χ0v) is 12.6. The van der Waals surface area contributed by atoms with Crippen molar-refractivity contribution in [3.63, 3.8) is 0 Å². The van der Waals surface area contributed by atoms with Gasteiger partial charge in [0.15, 0.2) is 0 Å². The number of aromatic hydroxyl groups is 1. The van der Waals surface area contributed by atoms with Gasteiger partial charge < -0.3 is 5.11 Å². The first-order chi connectivity index (χ1) is 11.1. The van der Waals surface area contributed by atoms with Crippen LogP contribution in [0.2, 0.25) is 0 Å². The fourth-order valence-corrected chi connectivity index (χ4v) is 3.12. The van der Waals surface area contributed by atoms with Crippen LogP contribution in [-0.2, 0) is 9.59 Å². The molecule has 1 aromatic carbocycles. The number of barbiturate groups is 1. The Hall–Kier alpha value is -2.63. The molecule has 6 nitrogen and oxygen atoms in total. The number of imide groups is 2. The number of amides is 4. The third kappa shape index (κ3) is 3.11. The van der Waals surface area contributed by atoms with Crippen molar-refractivity contribution in [2.45, 2.75) is 38.1 Å². The number of benzene rings is 1. The van der Waals surface area contributed by atoms with Crippen LogP contribution in [0.25, 0.3) is 6.08 Å². The molecule has 0 unspecified atom stereocenters. The SMILES string of the molecule is O=C1NC(=O)N(C2CCCCC2)C(=O)/C1=C\c1cccc(O)c1. The second-order valence-corrected chi connectivity index (χ2v) is 5.88. The molecule has 1 saturated heterocycles. The second kappa shape index (κ2) is 6.24. The number of nitrogens with one attached hydrogen (secondary N) is 1. The lowest BCUT2D eigenvalue weighted by Crippen LogP contribution is -2.58. The summed E-state index contributed by atoms with van der Waals surface area (Å²) in [5, 5.41) is 11.7. The van der Waals surface area contributed by atoms with Crippen LogP contribution in [0.3, 0.4) is 0 Å². The summed E-state index contributed by atoms with van der Waals surface area (Å²) in [6, 6.07) is 5.46. The van der Waals surface area contributed by atoms with Crippen molar-refractivity contribution in [1.82, 2.24) is 10.2 Å². The van der Waals surface area contributed by atoms with Crippen LogP contribution in [0.1, 0.15) is 37.7 Å². The van der Waals surface area contributed by atoms with Gasteiger partial charge in [0, 0.05) is 6.04 Å². The van der Waals surface area contributed by atoms with Crippen LogP contribution in [0.15, 0.2) is 29.8 Å². The lowest BCUT2D eigenvalue weighted by atomic mass is 9.93. The van der Waals surface area contributed by atoms with E-state index < -0.39 is 17.8 Å². The summed E-state index contributed by atoms with van der Waals surface area (Å²) in [6.07, 6.45) is 5.99. The van der Waals surface area contributed by atoms with E-state index in [1.54, 1.807) is 12.1 Å². The van der Waals surface area contributed by atoms with Gasteiger partial charge in [-0.2, -0.15) is 0 Å². The highest BCUT2D eigenvalue weighted by Gasteiger charge is 2.40. The van der Waals surface area contributed by atoms with Gasteiger partial charge >= 0.3 is 6.03 Å². The average molecular weight is 314 g/mol. The van der Waals surface area contributed by atoms with Gasteiger partial charge in [-0.15, -0.1) is 0 Å². The van der Waals surface area contributed by atoms with Crippen LogP contribution < -0.4 is 5.32 Å². The van der Waals surface area contributed by atoms with Crippen molar-refractivity contribution in [1.29, 1.82) is 0 Å². The molecule has 1 aromatic rings. The van der Waals surface area contributed by atoms with Gasteiger partial charge in [-0.1, -0.05) is 31.4 Å². The number of urea groups is 1. The topological polar surface area (TPSA) is 86.7 Å². The Kier molecular flexibility index (Phi) is 4.14. The van der Waals surface area contributed by atoms with Gasteiger partial charge in [0.1, 0.15) is 11.3 Å².